The van der Waals surface area contributed by atoms with Gasteiger partial charge in [0.25, 0.3) is 0 Å². The summed E-state index contributed by atoms with van der Waals surface area (Å²) in [6.45, 7) is 2.28. The van der Waals surface area contributed by atoms with Crippen molar-refractivity contribution in [3.05, 3.63) is 0 Å². The molecule has 0 aromatic heterocycles. The van der Waals surface area contributed by atoms with E-state index in [1.54, 1.807) is 0 Å². The zero-order valence-corrected chi connectivity index (χ0v) is 8.47. The van der Waals surface area contributed by atoms with E-state index in [1.165, 1.54) is 0 Å². The van der Waals surface area contributed by atoms with Gasteiger partial charge in [0.1, 0.15) is 5.71 Å². The molecule has 0 spiro atoms. The van der Waals surface area contributed by atoms with Crippen LogP contribution in [-0.4, -0.2) is 24.3 Å². The van der Waals surface area contributed by atoms with Crippen molar-refractivity contribution in [2.75, 3.05) is 6.61 Å². The summed E-state index contributed by atoms with van der Waals surface area (Å²) in [5.41, 5.74) is 0.702. The van der Waals surface area contributed by atoms with E-state index in [4.69, 9.17) is 4.74 Å². The Labute approximate surface area is 84.0 Å². The second-order valence-corrected chi connectivity index (χ2v) is 3.40. The van der Waals surface area contributed by atoms with Crippen LogP contribution in [0.2, 0.25) is 0 Å². The van der Waals surface area contributed by atoms with Crippen molar-refractivity contribution in [3.8, 4) is 0 Å². The van der Waals surface area contributed by atoms with Gasteiger partial charge in [-0.25, -0.2) is 4.79 Å². The van der Waals surface area contributed by atoms with Gasteiger partial charge in [-0.2, -0.15) is 0 Å². The quantitative estimate of drug-likeness (QED) is 0.640. The van der Waals surface area contributed by atoms with E-state index in [9.17, 15) is 4.79 Å². The van der Waals surface area contributed by atoms with E-state index < -0.39 is 0 Å². The molecule has 0 N–H and O–H groups in total. The molecule has 4 heteroatoms. The van der Waals surface area contributed by atoms with Crippen molar-refractivity contribution in [1.82, 2.24) is 0 Å². The van der Waals surface area contributed by atoms with Gasteiger partial charge in [0, 0.05) is 5.92 Å². The predicted molar refractivity (Wildman–Crippen MR) is 52.4 cm³/mol. The first-order valence-corrected chi connectivity index (χ1v) is 4.56. The van der Waals surface area contributed by atoms with Gasteiger partial charge in [0.05, 0.1) is 12.6 Å². The molecule has 13 heavy (non-hydrogen) atoms. The Hall–Kier alpha value is -0.570. The maximum absolute atomic E-state index is 11.3. The van der Waals surface area contributed by atoms with Gasteiger partial charge in [-0.15, -0.1) is 12.4 Å². The molecule has 0 amide bonds. The first-order valence-electron chi connectivity index (χ1n) is 4.56. The number of ether oxygens (including phenoxy) is 1. The van der Waals surface area contributed by atoms with E-state index >= 15 is 0 Å². The van der Waals surface area contributed by atoms with E-state index in [1.807, 2.05) is 6.92 Å². The van der Waals surface area contributed by atoms with Gasteiger partial charge in [-0.3, -0.25) is 4.99 Å². The van der Waals surface area contributed by atoms with Crippen LogP contribution in [0.1, 0.15) is 26.2 Å². The molecule has 1 saturated carbocycles. The fourth-order valence-corrected chi connectivity index (χ4v) is 2.05. The summed E-state index contributed by atoms with van der Waals surface area (Å²) >= 11 is 0. The smallest absolute Gasteiger partial charge is 0.352 e. The van der Waals surface area contributed by atoms with Crippen LogP contribution in [0.25, 0.3) is 0 Å². The maximum Gasteiger partial charge on any atom is 0.352 e. The monoisotopic (exact) mass is 203 g/mol. The molecule has 2 rings (SSSR count). The average Bonchev–Trinajstić information content (AvgIpc) is 2.64. The molecular formula is C9H14ClNO2. The van der Waals surface area contributed by atoms with Crippen LogP contribution in [0.3, 0.4) is 0 Å². The van der Waals surface area contributed by atoms with Gasteiger partial charge in [-0.1, -0.05) is 0 Å². The van der Waals surface area contributed by atoms with Crippen LogP contribution in [0.4, 0.5) is 0 Å². The second kappa shape index (κ2) is 4.09. The van der Waals surface area contributed by atoms with Crippen molar-refractivity contribution in [2.24, 2.45) is 10.9 Å². The molecule has 0 unspecified atom stereocenters. The Kier molecular flexibility index (Phi) is 3.31. The SMILES string of the molecule is CCOC(=O)C1=N[C@H]2CC[C@@H]1C2.Cl. The molecule has 0 aromatic rings. The molecule has 0 aromatic carbocycles. The Morgan fingerprint density at radius 1 is 1.62 bits per heavy atom. The third kappa shape index (κ3) is 1.85. The Morgan fingerprint density at radius 2 is 2.38 bits per heavy atom. The van der Waals surface area contributed by atoms with Crippen molar-refractivity contribution in [1.29, 1.82) is 0 Å². The predicted octanol–water partition coefficient (Wildman–Crippen LogP) is 1.59. The lowest BCUT2D eigenvalue weighted by molar-refractivity contribution is -0.135. The molecule has 3 nitrogen and oxygen atoms in total. The summed E-state index contributed by atoms with van der Waals surface area (Å²) in [6.07, 6.45) is 3.37. The molecule has 1 aliphatic heterocycles. The Balaban J connectivity index is 0.000000845. The largest absolute Gasteiger partial charge is 0.462 e. The average molecular weight is 204 g/mol. The minimum atomic E-state index is -0.190. The summed E-state index contributed by atoms with van der Waals surface area (Å²) in [4.78, 5) is 15.6. The maximum atomic E-state index is 11.3. The summed E-state index contributed by atoms with van der Waals surface area (Å²) in [6, 6.07) is 0.425. The Bertz CT molecular complexity index is 240. The normalized spacial score (nSPS) is 29.5. The topological polar surface area (TPSA) is 38.7 Å². The standard InChI is InChI=1S/C9H13NO2.ClH/c1-2-12-9(11)8-6-3-4-7(5-6)10-8;/h6-7H,2-5H2,1H3;1H/t6-,7+;/m1./s1. The van der Waals surface area contributed by atoms with Crippen molar-refractivity contribution < 1.29 is 9.53 Å². The summed E-state index contributed by atoms with van der Waals surface area (Å²) in [5, 5.41) is 0. The fourth-order valence-electron chi connectivity index (χ4n) is 2.05. The molecular weight excluding hydrogens is 190 g/mol. The highest BCUT2D eigenvalue weighted by molar-refractivity contribution is 6.38. The summed E-state index contributed by atoms with van der Waals surface area (Å²) in [5.74, 6) is 0.221. The number of rotatable bonds is 2. The van der Waals surface area contributed by atoms with E-state index in [2.05, 4.69) is 4.99 Å². The number of fused-ring (bicyclic) bond motifs is 2. The highest BCUT2D eigenvalue weighted by Crippen LogP contribution is 2.35. The first kappa shape index (κ1) is 10.5. The molecule has 1 heterocycles. The molecule has 2 atom stereocenters. The zero-order chi connectivity index (χ0) is 8.55. The second-order valence-electron chi connectivity index (χ2n) is 3.40. The van der Waals surface area contributed by atoms with Crippen molar-refractivity contribution in [2.45, 2.75) is 32.2 Å². The molecule has 1 fully saturated rings. The molecule has 2 aliphatic rings. The number of halogens is 1. The van der Waals surface area contributed by atoms with Gasteiger partial charge in [0.15, 0.2) is 0 Å². The zero-order valence-electron chi connectivity index (χ0n) is 7.66. The van der Waals surface area contributed by atoms with Crippen LogP contribution in [-0.2, 0) is 9.53 Å². The minimum absolute atomic E-state index is 0. The van der Waals surface area contributed by atoms with Crippen LogP contribution in [0.15, 0.2) is 4.99 Å². The van der Waals surface area contributed by atoms with E-state index in [-0.39, 0.29) is 18.4 Å². The lowest BCUT2D eigenvalue weighted by atomic mass is 10.0. The summed E-state index contributed by atoms with van der Waals surface area (Å²) < 4.78 is 4.91. The highest BCUT2D eigenvalue weighted by atomic mass is 35.5. The van der Waals surface area contributed by atoms with Gasteiger partial charge in [-0.05, 0) is 26.2 Å². The first-order chi connectivity index (χ1) is 5.81. The van der Waals surface area contributed by atoms with E-state index in [0.717, 1.165) is 19.3 Å². The van der Waals surface area contributed by atoms with Gasteiger partial charge in [0.2, 0.25) is 0 Å². The van der Waals surface area contributed by atoms with Crippen LogP contribution in [0.5, 0.6) is 0 Å². The van der Waals surface area contributed by atoms with Crippen LogP contribution in [0, 0.1) is 5.92 Å². The molecule has 1 aliphatic carbocycles. The third-order valence-corrected chi connectivity index (χ3v) is 2.60. The minimum Gasteiger partial charge on any atom is -0.462 e. The fraction of sp³-hybridized carbons (Fsp3) is 0.778. The Morgan fingerprint density at radius 3 is 2.85 bits per heavy atom. The number of aliphatic imine (C=N–C) groups is 1. The lowest BCUT2D eigenvalue weighted by Crippen LogP contribution is -2.23. The molecule has 0 saturated heterocycles. The highest BCUT2D eigenvalue weighted by Gasteiger charge is 2.38. The van der Waals surface area contributed by atoms with Crippen LogP contribution < -0.4 is 0 Å². The number of carbonyl (C=O) groups excluding carboxylic acids is 1. The number of carbonyl (C=O) groups is 1. The number of hydrogen-bond acceptors (Lipinski definition) is 3. The van der Waals surface area contributed by atoms with Gasteiger partial charge < -0.3 is 4.74 Å². The number of nitrogens with zero attached hydrogens (tertiary/aromatic N) is 1. The van der Waals surface area contributed by atoms with E-state index in [0.29, 0.717) is 24.3 Å². The van der Waals surface area contributed by atoms with Crippen molar-refractivity contribution in [3.63, 3.8) is 0 Å². The van der Waals surface area contributed by atoms with Crippen LogP contribution >= 0.6 is 12.4 Å². The third-order valence-electron chi connectivity index (χ3n) is 2.60. The van der Waals surface area contributed by atoms with Crippen molar-refractivity contribution >= 4 is 24.1 Å². The lowest BCUT2D eigenvalue weighted by Gasteiger charge is -2.09. The number of esters is 1. The summed E-state index contributed by atoms with van der Waals surface area (Å²) in [7, 11) is 0. The molecule has 2 bridgehead atoms. The van der Waals surface area contributed by atoms with Gasteiger partial charge >= 0.3 is 5.97 Å². The molecule has 0 radical (unpaired) electrons. The molecule has 74 valence electrons. The number of hydrogen-bond donors (Lipinski definition) is 0.